The first-order valence-corrected chi connectivity index (χ1v) is 8.29. The summed E-state index contributed by atoms with van der Waals surface area (Å²) in [5.74, 6) is 0.785. The summed E-state index contributed by atoms with van der Waals surface area (Å²) >= 11 is 0. The van der Waals surface area contributed by atoms with E-state index in [0.29, 0.717) is 17.0 Å². The molecule has 2 aromatic carbocycles. The highest BCUT2D eigenvalue weighted by molar-refractivity contribution is 6.63. The van der Waals surface area contributed by atoms with Gasteiger partial charge in [0.1, 0.15) is 11.5 Å². The van der Waals surface area contributed by atoms with E-state index in [2.05, 4.69) is 0 Å². The minimum Gasteiger partial charge on any atom is -0.458 e. The van der Waals surface area contributed by atoms with Crippen molar-refractivity contribution >= 4 is 12.6 Å². The lowest BCUT2D eigenvalue weighted by Gasteiger charge is -2.32. The zero-order valence-electron chi connectivity index (χ0n) is 15.1. The Bertz CT molecular complexity index is 769. The molecule has 0 saturated carbocycles. The minimum absolute atomic E-state index is 0.307. The van der Waals surface area contributed by atoms with Crippen molar-refractivity contribution < 1.29 is 27.2 Å². The van der Waals surface area contributed by atoms with Crippen LogP contribution in [0, 0.1) is 0 Å². The molecule has 0 bridgehead atoms. The Labute approximate surface area is 151 Å². The van der Waals surface area contributed by atoms with Crippen LogP contribution in [0.1, 0.15) is 33.3 Å². The van der Waals surface area contributed by atoms with Crippen molar-refractivity contribution in [2.75, 3.05) is 0 Å². The second-order valence-corrected chi connectivity index (χ2v) is 7.25. The molecule has 0 N–H and O–H groups in total. The molecule has 0 spiro atoms. The van der Waals surface area contributed by atoms with Gasteiger partial charge in [-0.05, 0) is 58.0 Å². The third kappa shape index (κ3) is 3.59. The topological polar surface area (TPSA) is 27.7 Å². The normalized spacial score (nSPS) is 18.8. The van der Waals surface area contributed by atoms with Gasteiger partial charge in [-0.3, -0.25) is 0 Å². The van der Waals surface area contributed by atoms with Crippen LogP contribution < -0.4 is 10.2 Å². The molecule has 1 heterocycles. The molecule has 2 aromatic rings. The lowest BCUT2D eigenvalue weighted by Crippen LogP contribution is -2.41. The Morgan fingerprint density at radius 1 is 0.846 bits per heavy atom. The number of ether oxygens (including phenoxy) is 1. The fourth-order valence-electron chi connectivity index (χ4n) is 2.58. The van der Waals surface area contributed by atoms with Crippen LogP contribution in [0.15, 0.2) is 48.5 Å². The molecule has 1 aliphatic heterocycles. The van der Waals surface area contributed by atoms with Crippen LogP contribution in [0.4, 0.5) is 13.2 Å². The predicted molar refractivity (Wildman–Crippen MR) is 93.7 cm³/mol. The summed E-state index contributed by atoms with van der Waals surface area (Å²) in [5.41, 5.74) is -1.03. The number of rotatable bonds is 3. The molecular formula is C19H20BF3O3. The zero-order valence-corrected chi connectivity index (χ0v) is 15.1. The molecule has 26 heavy (non-hydrogen) atoms. The predicted octanol–water partition coefficient (Wildman–Crippen LogP) is 4.80. The van der Waals surface area contributed by atoms with Gasteiger partial charge in [0.15, 0.2) is 0 Å². The van der Waals surface area contributed by atoms with Crippen LogP contribution in [0.3, 0.4) is 0 Å². The summed E-state index contributed by atoms with van der Waals surface area (Å²) < 4.78 is 55.9. The van der Waals surface area contributed by atoms with E-state index in [1.807, 2.05) is 39.8 Å². The fraction of sp³-hybridized carbons (Fsp3) is 0.368. The highest BCUT2D eigenvalue weighted by Gasteiger charge is 2.52. The average Bonchev–Trinajstić information content (AvgIpc) is 2.75. The maximum atomic E-state index is 12.7. The summed E-state index contributed by atoms with van der Waals surface area (Å²) in [7, 11) is -0.620. The zero-order chi connectivity index (χ0) is 19.2. The van der Waals surface area contributed by atoms with Crippen molar-refractivity contribution in [1.82, 2.24) is 0 Å². The molecule has 1 saturated heterocycles. The molecule has 0 aliphatic carbocycles. The summed E-state index contributed by atoms with van der Waals surface area (Å²) in [6.45, 7) is 7.80. The highest BCUT2D eigenvalue weighted by Crippen LogP contribution is 2.37. The number of hydrogen-bond donors (Lipinski definition) is 0. The molecule has 1 fully saturated rings. The number of para-hydroxylation sites is 1. The van der Waals surface area contributed by atoms with Crippen LogP contribution in [-0.4, -0.2) is 18.3 Å². The van der Waals surface area contributed by atoms with Gasteiger partial charge >= 0.3 is 13.3 Å². The van der Waals surface area contributed by atoms with Gasteiger partial charge in [-0.2, -0.15) is 13.2 Å². The SMILES string of the molecule is CC1(C)OB(c2ccccc2Oc2ccc(C(F)(F)F)cc2)OC1(C)C. The second kappa shape index (κ2) is 6.32. The summed E-state index contributed by atoms with van der Waals surface area (Å²) in [5, 5.41) is 0. The van der Waals surface area contributed by atoms with Crippen molar-refractivity contribution in [3.8, 4) is 11.5 Å². The maximum absolute atomic E-state index is 12.7. The van der Waals surface area contributed by atoms with E-state index in [0.717, 1.165) is 12.1 Å². The number of halogens is 3. The van der Waals surface area contributed by atoms with Crippen LogP contribution in [-0.2, 0) is 15.5 Å². The molecule has 3 rings (SSSR count). The van der Waals surface area contributed by atoms with E-state index in [1.165, 1.54) is 12.1 Å². The first-order valence-electron chi connectivity index (χ1n) is 8.29. The van der Waals surface area contributed by atoms with Gasteiger partial charge in [-0.1, -0.05) is 18.2 Å². The van der Waals surface area contributed by atoms with Crippen LogP contribution >= 0.6 is 0 Å². The largest absolute Gasteiger partial charge is 0.498 e. The maximum Gasteiger partial charge on any atom is 0.498 e. The van der Waals surface area contributed by atoms with Crippen molar-refractivity contribution in [2.24, 2.45) is 0 Å². The van der Waals surface area contributed by atoms with E-state index in [9.17, 15) is 13.2 Å². The third-order valence-corrected chi connectivity index (χ3v) is 4.84. The van der Waals surface area contributed by atoms with Crippen molar-refractivity contribution in [1.29, 1.82) is 0 Å². The number of hydrogen-bond acceptors (Lipinski definition) is 3. The Balaban J connectivity index is 1.85. The quantitative estimate of drug-likeness (QED) is 0.733. The lowest BCUT2D eigenvalue weighted by atomic mass is 9.78. The standard InChI is InChI=1S/C19H20BF3O3/c1-17(2)18(3,4)26-20(25-17)15-7-5-6-8-16(15)24-14-11-9-13(10-12-14)19(21,22)23/h5-12H,1-4H3. The first-order chi connectivity index (χ1) is 12.0. The molecule has 138 valence electrons. The smallest absolute Gasteiger partial charge is 0.458 e. The van der Waals surface area contributed by atoms with Gasteiger partial charge in [0.25, 0.3) is 0 Å². The molecule has 1 aliphatic rings. The molecular weight excluding hydrogens is 344 g/mol. The number of benzene rings is 2. The highest BCUT2D eigenvalue weighted by atomic mass is 19.4. The van der Waals surface area contributed by atoms with E-state index in [4.69, 9.17) is 14.0 Å². The van der Waals surface area contributed by atoms with Crippen molar-refractivity contribution in [2.45, 2.75) is 45.1 Å². The van der Waals surface area contributed by atoms with Crippen LogP contribution in [0.5, 0.6) is 11.5 Å². The second-order valence-electron chi connectivity index (χ2n) is 7.25. The molecule has 3 nitrogen and oxygen atoms in total. The van der Waals surface area contributed by atoms with Gasteiger partial charge in [-0.25, -0.2) is 0 Å². The molecule has 0 amide bonds. The first kappa shape index (κ1) is 18.8. The Morgan fingerprint density at radius 3 is 1.92 bits per heavy atom. The van der Waals surface area contributed by atoms with E-state index < -0.39 is 30.1 Å². The third-order valence-electron chi connectivity index (χ3n) is 4.84. The van der Waals surface area contributed by atoms with Crippen LogP contribution in [0.2, 0.25) is 0 Å². The number of alkyl halides is 3. The van der Waals surface area contributed by atoms with Crippen LogP contribution in [0.25, 0.3) is 0 Å². The molecule has 0 aromatic heterocycles. The van der Waals surface area contributed by atoms with Gasteiger partial charge in [0, 0.05) is 5.46 Å². The van der Waals surface area contributed by atoms with Gasteiger partial charge < -0.3 is 14.0 Å². The van der Waals surface area contributed by atoms with Gasteiger partial charge in [0.05, 0.1) is 16.8 Å². The van der Waals surface area contributed by atoms with Crippen molar-refractivity contribution in [3.63, 3.8) is 0 Å². The van der Waals surface area contributed by atoms with Gasteiger partial charge in [-0.15, -0.1) is 0 Å². The fourth-order valence-corrected chi connectivity index (χ4v) is 2.58. The minimum atomic E-state index is -4.38. The molecule has 0 atom stereocenters. The Kier molecular flexibility index (Phi) is 4.57. The van der Waals surface area contributed by atoms with E-state index >= 15 is 0 Å². The Hall–Kier alpha value is -1.99. The summed E-state index contributed by atoms with van der Waals surface area (Å²) in [4.78, 5) is 0. The lowest BCUT2D eigenvalue weighted by molar-refractivity contribution is -0.137. The van der Waals surface area contributed by atoms with Crippen molar-refractivity contribution in [3.05, 3.63) is 54.1 Å². The summed E-state index contributed by atoms with van der Waals surface area (Å²) in [6.07, 6.45) is -4.38. The van der Waals surface area contributed by atoms with E-state index in [-0.39, 0.29) is 0 Å². The monoisotopic (exact) mass is 364 g/mol. The summed E-state index contributed by atoms with van der Waals surface area (Å²) in [6, 6.07) is 11.8. The Morgan fingerprint density at radius 2 is 1.38 bits per heavy atom. The average molecular weight is 364 g/mol. The van der Waals surface area contributed by atoms with E-state index in [1.54, 1.807) is 12.1 Å². The van der Waals surface area contributed by atoms with Gasteiger partial charge in [0.2, 0.25) is 0 Å². The molecule has 7 heteroatoms. The molecule has 0 unspecified atom stereocenters. The molecule has 0 radical (unpaired) electrons.